The van der Waals surface area contributed by atoms with Crippen molar-refractivity contribution in [1.29, 1.82) is 0 Å². The topological polar surface area (TPSA) is 30.2 Å². The van der Waals surface area contributed by atoms with Gasteiger partial charge in [0.25, 0.3) is 0 Å². The number of hydrogen-bond donors (Lipinski definition) is 0. The predicted molar refractivity (Wildman–Crippen MR) is 72.2 cm³/mol. The summed E-state index contributed by atoms with van der Waals surface area (Å²) in [5.74, 6) is 0. The van der Waals surface area contributed by atoms with Gasteiger partial charge in [-0.15, -0.1) is 0 Å². The van der Waals surface area contributed by atoms with Crippen molar-refractivity contribution < 1.29 is 13.2 Å². The van der Waals surface area contributed by atoms with Crippen molar-refractivity contribution in [3.8, 4) is 0 Å². The summed E-state index contributed by atoms with van der Waals surface area (Å²) in [5.41, 5.74) is 0.658. The fourth-order valence-electron chi connectivity index (χ4n) is 2.06. The van der Waals surface area contributed by atoms with Crippen LogP contribution in [-0.2, 0) is 12.6 Å². The highest BCUT2D eigenvalue weighted by molar-refractivity contribution is 6.29. The van der Waals surface area contributed by atoms with Crippen molar-refractivity contribution in [2.24, 2.45) is 0 Å². The van der Waals surface area contributed by atoms with E-state index in [1.807, 2.05) is 30.3 Å². The van der Waals surface area contributed by atoms with Gasteiger partial charge in [0.1, 0.15) is 10.8 Å². The molecule has 0 unspecified atom stereocenters. The molecule has 0 aliphatic heterocycles. The Bertz CT molecular complexity index is 781. The van der Waals surface area contributed by atoms with Gasteiger partial charge in [-0.1, -0.05) is 41.9 Å². The molecule has 108 valence electrons. The van der Waals surface area contributed by atoms with Crippen LogP contribution in [0.15, 0.2) is 42.6 Å². The second kappa shape index (κ2) is 5.04. The van der Waals surface area contributed by atoms with Gasteiger partial charge in [-0.2, -0.15) is 18.3 Å². The number of rotatable bonds is 2. The van der Waals surface area contributed by atoms with Gasteiger partial charge >= 0.3 is 6.18 Å². The Morgan fingerprint density at radius 1 is 1.14 bits per heavy atom. The second-order valence-corrected chi connectivity index (χ2v) is 4.92. The number of fused-ring (bicyclic) bond motifs is 1. The van der Waals surface area contributed by atoms with Crippen molar-refractivity contribution in [3.05, 3.63) is 64.6 Å². The van der Waals surface area contributed by atoms with Gasteiger partial charge in [0, 0.05) is 18.1 Å². The van der Waals surface area contributed by atoms with Gasteiger partial charge in [0.2, 0.25) is 0 Å². The summed E-state index contributed by atoms with van der Waals surface area (Å²) in [7, 11) is 0. The summed E-state index contributed by atoms with van der Waals surface area (Å²) in [6.45, 7) is 0. The summed E-state index contributed by atoms with van der Waals surface area (Å²) in [4.78, 5) is 3.65. The zero-order chi connectivity index (χ0) is 15.0. The Labute approximate surface area is 123 Å². The number of halogens is 4. The van der Waals surface area contributed by atoms with Crippen LogP contribution in [0.4, 0.5) is 13.2 Å². The third kappa shape index (κ3) is 2.71. The SMILES string of the molecule is FC(F)(F)c1cc(Cl)n2ncc(Cc3ccccc3)c2n1. The maximum atomic E-state index is 12.8. The molecule has 2 aromatic heterocycles. The lowest BCUT2D eigenvalue weighted by atomic mass is 10.1. The second-order valence-electron chi connectivity index (χ2n) is 4.53. The van der Waals surface area contributed by atoms with Crippen LogP contribution in [0.1, 0.15) is 16.8 Å². The van der Waals surface area contributed by atoms with Gasteiger partial charge < -0.3 is 0 Å². The fourth-order valence-corrected chi connectivity index (χ4v) is 2.28. The van der Waals surface area contributed by atoms with Crippen LogP contribution in [0, 0.1) is 0 Å². The first-order chi connectivity index (χ1) is 9.95. The highest BCUT2D eigenvalue weighted by atomic mass is 35.5. The average Bonchev–Trinajstić information content (AvgIpc) is 2.83. The molecule has 0 atom stereocenters. The lowest BCUT2D eigenvalue weighted by Gasteiger charge is -2.07. The molecule has 21 heavy (non-hydrogen) atoms. The van der Waals surface area contributed by atoms with E-state index in [2.05, 4.69) is 10.1 Å². The smallest absolute Gasteiger partial charge is 0.224 e. The normalized spacial score (nSPS) is 12.0. The highest BCUT2D eigenvalue weighted by Crippen LogP contribution is 2.30. The first-order valence-corrected chi connectivity index (χ1v) is 6.47. The lowest BCUT2D eigenvalue weighted by Crippen LogP contribution is -2.10. The van der Waals surface area contributed by atoms with Gasteiger partial charge in [0.05, 0.1) is 6.20 Å². The molecule has 0 bridgehead atoms. The molecule has 1 aromatic carbocycles. The minimum Gasteiger partial charge on any atom is -0.224 e. The van der Waals surface area contributed by atoms with E-state index in [1.165, 1.54) is 10.7 Å². The molecule has 7 heteroatoms. The summed E-state index contributed by atoms with van der Waals surface area (Å²) < 4.78 is 39.6. The molecule has 3 nitrogen and oxygen atoms in total. The van der Waals surface area contributed by atoms with E-state index in [0.29, 0.717) is 12.0 Å². The van der Waals surface area contributed by atoms with E-state index < -0.39 is 11.9 Å². The van der Waals surface area contributed by atoms with E-state index in [-0.39, 0.29) is 10.8 Å². The molecule has 3 rings (SSSR count). The summed E-state index contributed by atoms with van der Waals surface area (Å²) >= 11 is 5.85. The minimum absolute atomic E-state index is 0.119. The largest absolute Gasteiger partial charge is 0.433 e. The molecule has 0 aliphatic carbocycles. The van der Waals surface area contributed by atoms with E-state index in [1.54, 1.807) is 0 Å². The van der Waals surface area contributed by atoms with E-state index >= 15 is 0 Å². The van der Waals surface area contributed by atoms with E-state index in [0.717, 1.165) is 11.6 Å². The maximum absolute atomic E-state index is 12.8. The average molecular weight is 312 g/mol. The summed E-state index contributed by atoms with van der Waals surface area (Å²) in [5, 5.41) is 3.87. The quantitative estimate of drug-likeness (QED) is 0.670. The monoisotopic (exact) mass is 311 g/mol. The lowest BCUT2D eigenvalue weighted by molar-refractivity contribution is -0.141. The number of benzene rings is 1. The Morgan fingerprint density at radius 3 is 2.52 bits per heavy atom. The molecule has 2 heterocycles. The first-order valence-electron chi connectivity index (χ1n) is 6.09. The van der Waals surface area contributed by atoms with Crippen molar-refractivity contribution in [2.45, 2.75) is 12.6 Å². The third-order valence-corrected chi connectivity index (χ3v) is 3.30. The van der Waals surface area contributed by atoms with E-state index in [9.17, 15) is 13.2 Å². The molecular formula is C14H9ClF3N3. The third-order valence-electron chi connectivity index (χ3n) is 3.03. The molecule has 0 spiro atoms. The zero-order valence-electron chi connectivity index (χ0n) is 10.6. The molecule has 0 N–H and O–H groups in total. The van der Waals surface area contributed by atoms with Crippen LogP contribution in [-0.4, -0.2) is 14.6 Å². The van der Waals surface area contributed by atoms with Crippen LogP contribution < -0.4 is 0 Å². The van der Waals surface area contributed by atoms with Gasteiger partial charge in [-0.05, 0) is 5.56 Å². The van der Waals surface area contributed by atoms with Crippen molar-refractivity contribution >= 4 is 17.2 Å². The van der Waals surface area contributed by atoms with Crippen LogP contribution in [0.25, 0.3) is 5.65 Å². The number of alkyl halides is 3. The number of hydrogen-bond acceptors (Lipinski definition) is 2. The predicted octanol–water partition coefficient (Wildman–Crippen LogP) is 3.99. The molecule has 0 saturated carbocycles. The Balaban J connectivity index is 2.10. The van der Waals surface area contributed by atoms with E-state index in [4.69, 9.17) is 11.6 Å². The summed E-state index contributed by atoms with van der Waals surface area (Å²) in [6.07, 6.45) is -2.62. The highest BCUT2D eigenvalue weighted by Gasteiger charge is 2.34. The molecule has 3 aromatic rings. The molecular weight excluding hydrogens is 303 g/mol. The number of nitrogens with zero attached hydrogens (tertiary/aromatic N) is 3. The Morgan fingerprint density at radius 2 is 1.86 bits per heavy atom. The summed E-state index contributed by atoms with van der Waals surface area (Å²) in [6, 6.07) is 10.1. The van der Waals surface area contributed by atoms with Crippen LogP contribution in [0.3, 0.4) is 0 Å². The van der Waals surface area contributed by atoms with Crippen molar-refractivity contribution in [1.82, 2.24) is 14.6 Å². The van der Waals surface area contributed by atoms with Crippen LogP contribution >= 0.6 is 11.6 Å². The molecule has 0 amide bonds. The van der Waals surface area contributed by atoms with Crippen LogP contribution in [0.2, 0.25) is 5.15 Å². The Kier molecular flexibility index (Phi) is 3.33. The minimum atomic E-state index is -4.54. The molecule has 0 saturated heterocycles. The Hall–Kier alpha value is -2.08. The zero-order valence-corrected chi connectivity index (χ0v) is 11.4. The standard InChI is InChI=1S/C14H9ClF3N3/c15-12-7-11(14(16,17)18)20-13-10(8-19-21(12)13)6-9-4-2-1-3-5-9/h1-5,7-8H,6H2. The number of aromatic nitrogens is 3. The van der Waals surface area contributed by atoms with Gasteiger partial charge in [-0.3, -0.25) is 0 Å². The fraction of sp³-hybridized carbons (Fsp3) is 0.143. The maximum Gasteiger partial charge on any atom is 0.433 e. The molecule has 0 aliphatic rings. The van der Waals surface area contributed by atoms with Crippen molar-refractivity contribution in [3.63, 3.8) is 0 Å². The van der Waals surface area contributed by atoms with Gasteiger partial charge in [-0.25, -0.2) is 9.50 Å². The molecule has 0 radical (unpaired) electrons. The first kappa shape index (κ1) is 13.9. The van der Waals surface area contributed by atoms with Crippen molar-refractivity contribution in [2.75, 3.05) is 0 Å². The molecule has 0 fully saturated rings. The van der Waals surface area contributed by atoms with Crippen LogP contribution in [0.5, 0.6) is 0 Å². The van der Waals surface area contributed by atoms with Gasteiger partial charge in [0.15, 0.2) is 5.65 Å².